The number of ether oxygens (including phenoxy) is 1. The minimum atomic E-state index is -0.705. The summed E-state index contributed by atoms with van der Waals surface area (Å²) in [5.74, 6) is -0.519. The molecule has 2 rings (SSSR count). The minimum absolute atomic E-state index is 0.00771. The molecule has 0 spiro atoms. The van der Waals surface area contributed by atoms with E-state index in [0.29, 0.717) is 5.69 Å². The summed E-state index contributed by atoms with van der Waals surface area (Å²) < 4.78 is 5.46. The van der Waals surface area contributed by atoms with Gasteiger partial charge in [0, 0.05) is 16.2 Å². The molecule has 0 saturated carbocycles. The Balaban J connectivity index is 2.42. The van der Waals surface area contributed by atoms with Crippen LogP contribution in [0.1, 0.15) is 10.4 Å². The quantitative estimate of drug-likeness (QED) is 0.516. The van der Waals surface area contributed by atoms with E-state index < -0.39 is 10.9 Å². The summed E-state index contributed by atoms with van der Waals surface area (Å²) in [5.41, 5.74) is 0.387. The van der Waals surface area contributed by atoms with E-state index in [0.717, 1.165) is 16.7 Å². The Bertz CT molecular complexity index is 706. The van der Waals surface area contributed by atoms with Gasteiger partial charge in [0.25, 0.3) is 5.69 Å². The first-order valence-electron chi connectivity index (χ1n) is 5.76. The maximum atomic E-state index is 11.7. The molecule has 0 radical (unpaired) electrons. The Morgan fingerprint density at radius 2 is 2.19 bits per heavy atom. The number of carbonyl (C=O) groups is 1. The summed E-state index contributed by atoms with van der Waals surface area (Å²) in [6.07, 6.45) is 1.08. The molecule has 0 unspecified atom stereocenters. The van der Waals surface area contributed by atoms with Crippen molar-refractivity contribution in [3.8, 4) is 0 Å². The van der Waals surface area contributed by atoms with Crippen LogP contribution in [-0.2, 0) is 4.74 Å². The molecule has 21 heavy (non-hydrogen) atoms. The number of nitrogens with one attached hydrogen (secondary N) is 1. The fourth-order valence-electron chi connectivity index (χ4n) is 1.62. The third-order valence-electron chi connectivity index (χ3n) is 2.58. The van der Waals surface area contributed by atoms with Gasteiger partial charge in [0.2, 0.25) is 0 Å². The van der Waals surface area contributed by atoms with Crippen LogP contribution in [0.3, 0.4) is 0 Å². The Labute approximate surface area is 128 Å². The number of nitro groups is 1. The second-order valence-corrected chi connectivity index (χ2v) is 4.89. The van der Waals surface area contributed by atoms with Gasteiger partial charge in [-0.1, -0.05) is 22.0 Å². The number of rotatable bonds is 4. The highest BCUT2D eigenvalue weighted by molar-refractivity contribution is 9.10. The number of methoxy groups -OCH3 is 1. The summed E-state index contributed by atoms with van der Waals surface area (Å²) in [4.78, 5) is 25.8. The molecular weight excluding hydrogens is 342 g/mol. The van der Waals surface area contributed by atoms with Crippen LogP contribution in [0.2, 0.25) is 0 Å². The van der Waals surface area contributed by atoms with Crippen LogP contribution in [0.15, 0.2) is 41.0 Å². The highest BCUT2D eigenvalue weighted by Crippen LogP contribution is 2.24. The topological polar surface area (TPSA) is 94.4 Å². The van der Waals surface area contributed by atoms with Crippen molar-refractivity contribution in [1.82, 2.24) is 4.98 Å². The number of hydrogen-bond acceptors (Lipinski definition) is 6. The third-order valence-corrected chi connectivity index (χ3v) is 3.07. The molecule has 0 bridgehead atoms. The van der Waals surface area contributed by atoms with Crippen molar-refractivity contribution in [3.05, 3.63) is 56.7 Å². The molecule has 1 heterocycles. The lowest BCUT2D eigenvalue weighted by Gasteiger charge is -2.09. The number of esters is 1. The number of hydrogen-bond donors (Lipinski definition) is 1. The number of halogens is 1. The molecule has 7 nitrogen and oxygen atoms in total. The third kappa shape index (κ3) is 3.54. The number of anilines is 2. The SMILES string of the molecule is COC(=O)c1cc([N+](=O)[O-])cnc1Nc1cccc(Br)c1. The van der Waals surface area contributed by atoms with Crippen LogP contribution in [0, 0.1) is 10.1 Å². The van der Waals surface area contributed by atoms with E-state index >= 15 is 0 Å². The van der Waals surface area contributed by atoms with Crippen molar-refractivity contribution in [3.63, 3.8) is 0 Å². The molecule has 0 aliphatic heterocycles. The van der Waals surface area contributed by atoms with Crippen LogP contribution in [0.4, 0.5) is 17.2 Å². The molecule has 0 aliphatic rings. The standard InChI is InChI=1S/C13H10BrN3O4/c1-21-13(18)11-6-10(17(19)20)7-15-12(11)16-9-4-2-3-8(14)5-9/h2-7H,1H3,(H,15,16). The average Bonchev–Trinajstić information content (AvgIpc) is 2.46. The fraction of sp³-hybridized carbons (Fsp3) is 0.0769. The molecule has 0 atom stereocenters. The molecule has 0 aliphatic carbocycles. The van der Waals surface area contributed by atoms with E-state index in [1.807, 2.05) is 6.07 Å². The highest BCUT2D eigenvalue weighted by atomic mass is 79.9. The average molecular weight is 352 g/mol. The van der Waals surface area contributed by atoms with Crippen LogP contribution in [0.25, 0.3) is 0 Å². The summed E-state index contributed by atoms with van der Waals surface area (Å²) >= 11 is 3.33. The van der Waals surface area contributed by atoms with Crippen LogP contribution in [-0.4, -0.2) is 23.0 Å². The molecule has 0 fully saturated rings. The highest BCUT2D eigenvalue weighted by Gasteiger charge is 2.18. The molecule has 0 amide bonds. The second kappa shape index (κ2) is 6.31. The van der Waals surface area contributed by atoms with Crippen molar-refractivity contribution < 1.29 is 14.5 Å². The van der Waals surface area contributed by atoms with Gasteiger partial charge in [0.05, 0.1) is 12.0 Å². The Kier molecular flexibility index (Phi) is 4.49. The first-order valence-corrected chi connectivity index (χ1v) is 6.56. The van der Waals surface area contributed by atoms with Crippen molar-refractivity contribution in [1.29, 1.82) is 0 Å². The van der Waals surface area contributed by atoms with Crippen LogP contribution >= 0.6 is 15.9 Å². The number of benzene rings is 1. The van der Waals surface area contributed by atoms with Crippen LogP contribution < -0.4 is 5.32 Å². The Morgan fingerprint density at radius 1 is 1.43 bits per heavy atom. The summed E-state index contributed by atoms with van der Waals surface area (Å²) in [6.45, 7) is 0. The lowest BCUT2D eigenvalue weighted by molar-refractivity contribution is -0.385. The van der Waals surface area contributed by atoms with Crippen LogP contribution in [0.5, 0.6) is 0 Å². The van der Waals surface area contributed by atoms with Crippen molar-refractivity contribution in [2.45, 2.75) is 0 Å². The van der Waals surface area contributed by atoms with Gasteiger partial charge in [-0.25, -0.2) is 9.78 Å². The van der Waals surface area contributed by atoms with Gasteiger partial charge in [-0.15, -0.1) is 0 Å². The Morgan fingerprint density at radius 3 is 2.81 bits per heavy atom. The largest absolute Gasteiger partial charge is 0.465 e. The molecule has 108 valence electrons. The molecule has 0 saturated heterocycles. The molecule has 2 aromatic rings. The van der Waals surface area contributed by atoms with Gasteiger partial charge in [0.15, 0.2) is 0 Å². The first kappa shape index (κ1) is 14.9. The van der Waals surface area contributed by atoms with Gasteiger partial charge in [-0.05, 0) is 18.2 Å². The predicted molar refractivity (Wildman–Crippen MR) is 79.7 cm³/mol. The van der Waals surface area contributed by atoms with E-state index in [1.165, 1.54) is 7.11 Å². The smallest absolute Gasteiger partial charge is 0.341 e. The zero-order valence-electron chi connectivity index (χ0n) is 10.9. The van der Waals surface area contributed by atoms with E-state index in [9.17, 15) is 14.9 Å². The molecular formula is C13H10BrN3O4. The van der Waals surface area contributed by atoms with Gasteiger partial charge in [-0.3, -0.25) is 10.1 Å². The van der Waals surface area contributed by atoms with E-state index in [2.05, 4.69) is 31.0 Å². The van der Waals surface area contributed by atoms with Crippen molar-refractivity contribution >= 4 is 39.1 Å². The Hall–Kier alpha value is -2.48. The summed E-state index contributed by atoms with van der Waals surface area (Å²) in [7, 11) is 1.20. The summed E-state index contributed by atoms with van der Waals surface area (Å²) in [5, 5.41) is 13.7. The number of nitrogens with zero attached hydrogens (tertiary/aromatic N) is 2. The fourth-order valence-corrected chi connectivity index (χ4v) is 2.02. The molecule has 8 heteroatoms. The maximum Gasteiger partial charge on any atom is 0.341 e. The normalized spacial score (nSPS) is 10.0. The van der Waals surface area contributed by atoms with E-state index in [1.54, 1.807) is 18.2 Å². The predicted octanol–water partition coefficient (Wildman–Crippen LogP) is 3.28. The lowest BCUT2D eigenvalue weighted by atomic mass is 10.2. The monoisotopic (exact) mass is 351 g/mol. The van der Waals surface area contributed by atoms with E-state index in [4.69, 9.17) is 0 Å². The molecule has 1 aromatic heterocycles. The van der Waals surface area contributed by atoms with Crippen molar-refractivity contribution in [2.24, 2.45) is 0 Å². The zero-order chi connectivity index (χ0) is 15.4. The van der Waals surface area contributed by atoms with Gasteiger partial charge >= 0.3 is 5.97 Å². The van der Waals surface area contributed by atoms with Gasteiger partial charge in [0.1, 0.15) is 17.6 Å². The molecule has 1 N–H and O–H groups in total. The van der Waals surface area contributed by atoms with E-state index in [-0.39, 0.29) is 17.1 Å². The number of carbonyl (C=O) groups excluding carboxylic acids is 1. The zero-order valence-corrected chi connectivity index (χ0v) is 12.5. The first-order chi connectivity index (χ1) is 10.0. The minimum Gasteiger partial charge on any atom is -0.465 e. The summed E-state index contributed by atoms with van der Waals surface area (Å²) in [6, 6.07) is 8.32. The molecule has 1 aromatic carbocycles. The van der Waals surface area contributed by atoms with Crippen molar-refractivity contribution in [2.75, 3.05) is 12.4 Å². The second-order valence-electron chi connectivity index (χ2n) is 3.97. The number of pyridine rings is 1. The van der Waals surface area contributed by atoms with Gasteiger partial charge in [-0.2, -0.15) is 0 Å². The number of aromatic nitrogens is 1. The maximum absolute atomic E-state index is 11.7. The van der Waals surface area contributed by atoms with Gasteiger partial charge < -0.3 is 10.1 Å². The lowest BCUT2D eigenvalue weighted by Crippen LogP contribution is -2.08.